The van der Waals surface area contributed by atoms with Gasteiger partial charge in [-0.2, -0.15) is 10.2 Å². The first-order valence-electron chi connectivity index (χ1n) is 7.76. The van der Waals surface area contributed by atoms with Gasteiger partial charge in [0, 0.05) is 37.6 Å². The van der Waals surface area contributed by atoms with E-state index in [0.29, 0.717) is 18.9 Å². The van der Waals surface area contributed by atoms with Crippen molar-refractivity contribution in [3.8, 4) is 11.3 Å². The highest BCUT2D eigenvalue weighted by Crippen LogP contribution is 2.24. The van der Waals surface area contributed by atoms with E-state index in [2.05, 4.69) is 20.8 Å². The summed E-state index contributed by atoms with van der Waals surface area (Å²) in [6.45, 7) is 3.16. The van der Waals surface area contributed by atoms with Gasteiger partial charge in [-0.05, 0) is 18.6 Å². The Bertz CT molecular complexity index is 821. The Balaban J connectivity index is 1.61. The third kappa shape index (κ3) is 3.62. The highest BCUT2D eigenvalue weighted by molar-refractivity contribution is 5.89. The van der Waals surface area contributed by atoms with Gasteiger partial charge in [0.05, 0.1) is 12.2 Å². The van der Waals surface area contributed by atoms with E-state index < -0.39 is 0 Å². The van der Waals surface area contributed by atoms with Crippen molar-refractivity contribution < 1.29 is 4.79 Å². The van der Waals surface area contributed by atoms with Crippen LogP contribution in [0.25, 0.3) is 11.3 Å². The third-order valence-corrected chi connectivity index (χ3v) is 3.73. The van der Waals surface area contributed by atoms with Crippen LogP contribution in [0.15, 0.2) is 48.8 Å². The number of nitrogens with zero attached hydrogens (tertiary/aromatic N) is 4. The molecule has 0 spiro atoms. The first-order valence-corrected chi connectivity index (χ1v) is 7.76. The zero-order valence-corrected chi connectivity index (χ0v) is 13.7. The Labute approximate surface area is 140 Å². The van der Waals surface area contributed by atoms with Gasteiger partial charge in [0.25, 0.3) is 0 Å². The number of carbonyl (C=O) groups is 1. The van der Waals surface area contributed by atoms with Crippen molar-refractivity contribution in [2.24, 2.45) is 7.05 Å². The first-order chi connectivity index (χ1) is 11.6. The lowest BCUT2D eigenvalue weighted by Crippen LogP contribution is -2.32. The molecule has 0 atom stereocenters. The van der Waals surface area contributed by atoms with Gasteiger partial charge in [0.2, 0.25) is 0 Å². The molecule has 0 aliphatic carbocycles. The Morgan fingerprint density at radius 1 is 1.25 bits per heavy atom. The number of hydrogen-bond acceptors (Lipinski definition) is 3. The second-order valence-electron chi connectivity index (χ2n) is 5.50. The molecule has 7 nitrogen and oxygen atoms in total. The van der Waals surface area contributed by atoms with Crippen molar-refractivity contribution in [3.63, 3.8) is 0 Å². The summed E-state index contributed by atoms with van der Waals surface area (Å²) in [6.07, 6.45) is 3.57. The zero-order valence-electron chi connectivity index (χ0n) is 13.7. The second kappa shape index (κ2) is 6.99. The van der Waals surface area contributed by atoms with Crippen molar-refractivity contribution in [2.75, 3.05) is 11.9 Å². The average molecular weight is 324 g/mol. The summed E-state index contributed by atoms with van der Waals surface area (Å²) >= 11 is 0. The lowest BCUT2D eigenvalue weighted by Gasteiger charge is -2.07. The molecule has 0 saturated heterocycles. The van der Waals surface area contributed by atoms with E-state index in [9.17, 15) is 4.79 Å². The van der Waals surface area contributed by atoms with E-state index >= 15 is 0 Å². The number of anilines is 1. The van der Waals surface area contributed by atoms with E-state index in [1.165, 1.54) is 0 Å². The SMILES string of the molecule is Cc1ccccc1-c1cc(NC(=O)NCCn2cccn2)n(C)n1. The minimum Gasteiger partial charge on any atom is -0.336 e. The molecule has 1 aromatic carbocycles. The molecule has 2 N–H and O–H groups in total. The lowest BCUT2D eigenvalue weighted by atomic mass is 10.1. The van der Waals surface area contributed by atoms with Crippen LogP contribution in [-0.2, 0) is 13.6 Å². The summed E-state index contributed by atoms with van der Waals surface area (Å²) in [4.78, 5) is 12.0. The Morgan fingerprint density at radius 2 is 2.08 bits per heavy atom. The Morgan fingerprint density at radius 3 is 2.83 bits per heavy atom. The third-order valence-electron chi connectivity index (χ3n) is 3.73. The molecule has 3 aromatic rings. The summed E-state index contributed by atoms with van der Waals surface area (Å²) < 4.78 is 3.43. The van der Waals surface area contributed by atoms with Crippen LogP contribution in [0.4, 0.5) is 10.6 Å². The van der Waals surface area contributed by atoms with Crippen molar-refractivity contribution >= 4 is 11.8 Å². The second-order valence-corrected chi connectivity index (χ2v) is 5.50. The number of benzene rings is 1. The normalized spacial score (nSPS) is 10.6. The molecule has 2 amide bonds. The van der Waals surface area contributed by atoms with Crippen LogP contribution in [0.5, 0.6) is 0 Å². The van der Waals surface area contributed by atoms with E-state index in [4.69, 9.17) is 0 Å². The molecule has 2 heterocycles. The van der Waals surface area contributed by atoms with Gasteiger partial charge in [-0.25, -0.2) is 4.79 Å². The van der Waals surface area contributed by atoms with Crippen LogP contribution in [0.3, 0.4) is 0 Å². The number of rotatable bonds is 5. The van der Waals surface area contributed by atoms with Gasteiger partial charge in [0.1, 0.15) is 5.82 Å². The average Bonchev–Trinajstić information content (AvgIpc) is 3.18. The number of aryl methyl sites for hydroxylation is 2. The number of amides is 2. The van der Waals surface area contributed by atoms with Crippen LogP contribution < -0.4 is 10.6 Å². The van der Waals surface area contributed by atoms with Crippen LogP contribution in [0.2, 0.25) is 0 Å². The van der Waals surface area contributed by atoms with Gasteiger partial charge in [-0.1, -0.05) is 24.3 Å². The molecular weight excluding hydrogens is 304 g/mol. The fourth-order valence-electron chi connectivity index (χ4n) is 2.45. The van der Waals surface area contributed by atoms with E-state index in [1.54, 1.807) is 22.6 Å². The molecule has 124 valence electrons. The summed E-state index contributed by atoms with van der Waals surface area (Å²) in [6, 6.07) is 11.5. The van der Waals surface area contributed by atoms with Gasteiger partial charge < -0.3 is 5.32 Å². The quantitative estimate of drug-likeness (QED) is 0.756. The molecule has 0 unspecified atom stereocenters. The molecule has 2 aromatic heterocycles. The van der Waals surface area contributed by atoms with Gasteiger partial charge in [0.15, 0.2) is 0 Å². The number of urea groups is 1. The molecule has 0 fully saturated rings. The minimum absolute atomic E-state index is 0.263. The maximum absolute atomic E-state index is 12.0. The van der Waals surface area contributed by atoms with Crippen LogP contribution in [0, 0.1) is 6.92 Å². The molecule has 24 heavy (non-hydrogen) atoms. The number of aromatic nitrogens is 4. The number of nitrogens with one attached hydrogen (secondary N) is 2. The zero-order chi connectivity index (χ0) is 16.9. The maximum atomic E-state index is 12.0. The van der Waals surface area contributed by atoms with Crippen LogP contribution in [-0.4, -0.2) is 32.1 Å². The van der Waals surface area contributed by atoms with Crippen LogP contribution in [0.1, 0.15) is 5.56 Å². The van der Waals surface area contributed by atoms with E-state index in [0.717, 1.165) is 16.8 Å². The van der Waals surface area contributed by atoms with Crippen molar-refractivity contribution in [3.05, 3.63) is 54.4 Å². The monoisotopic (exact) mass is 324 g/mol. The van der Waals surface area contributed by atoms with Gasteiger partial charge in [-0.15, -0.1) is 0 Å². The van der Waals surface area contributed by atoms with Crippen molar-refractivity contribution in [2.45, 2.75) is 13.5 Å². The molecule has 7 heteroatoms. The highest BCUT2D eigenvalue weighted by atomic mass is 16.2. The van der Waals surface area contributed by atoms with Gasteiger partial charge in [-0.3, -0.25) is 14.7 Å². The molecule has 0 aliphatic heterocycles. The fourth-order valence-corrected chi connectivity index (χ4v) is 2.45. The van der Waals surface area contributed by atoms with Gasteiger partial charge >= 0.3 is 6.03 Å². The number of hydrogen-bond donors (Lipinski definition) is 2. The fraction of sp³-hybridized carbons (Fsp3) is 0.235. The Hall–Kier alpha value is -3.09. The molecule has 0 radical (unpaired) electrons. The molecule has 0 saturated carbocycles. The highest BCUT2D eigenvalue weighted by Gasteiger charge is 2.11. The summed E-state index contributed by atoms with van der Waals surface area (Å²) in [5.74, 6) is 0.643. The lowest BCUT2D eigenvalue weighted by molar-refractivity contribution is 0.251. The maximum Gasteiger partial charge on any atom is 0.320 e. The summed E-state index contributed by atoms with van der Waals surface area (Å²) in [7, 11) is 1.81. The summed E-state index contributed by atoms with van der Waals surface area (Å²) in [5, 5.41) is 14.2. The van der Waals surface area contributed by atoms with E-state index in [1.807, 2.05) is 49.5 Å². The molecule has 0 bridgehead atoms. The summed E-state index contributed by atoms with van der Waals surface area (Å²) in [5.41, 5.74) is 3.04. The molecule has 0 aliphatic rings. The smallest absolute Gasteiger partial charge is 0.320 e. The minimum atomic E-state index is -0.263. The molecule has 3 rings (SSSR count). The standard InChI is InChI=1S/C17H20N6O/c1-13-6-3-4-7-14(13)15-12-16(22(2)21-15)20-17(24)18-9-11-23-10-5-8-19-23/h3-8,10,12H,9,11H2,1-2H3,(H2,18,20,24). The Kier molecular flexibility index (Phi) is 4.60. The number of carbonyl (C=O) groups excluding carboxylic acids is 1. The van der Waals surface area contributed by atoms with E-state index in [-0.39, 0.29) is 6.03 Å². The predicted molar refractivity (Wildman–Crippen MR) is 92.6 cm³/mol. The van der Waals surface area contributed by atoms with Crippen molar-refractivity contribution in [1.29, 1.82) is 0 Å². The largest absolute Gasteiger partial charge is 0.336 e. The predicted octanol–water partition coefficient (Wildman–Crippen LogP) is 2.41. The van der Waals surface area contributed by atoms with Crippen LogP contribution >= 0.6 is 0 Å². The first kappa shape index (κ1) is 15.8. The van der Waals surface area contributed by atoms with Crippen molar-refractivity contribution in [1.82, 2.24) is 24.9 Å². The molecular formula is C17H20N6O. The topological polar surface area (TPSA) is 76.8 Å².